The number of H-pyrrole nitrogens is 1. The quantitative estimate of drug-likeness (QED) is 0.569. The molecule has 1 heterocycles. The molecule has 0 unspecified atom stereocenters. The van der Waals surface area contributed by atoms with E-state index in [1.807, 2.05) is 18.4 Å². The molecule has 0 amide bonds. The fourth-order valence-electron chi connectivity index (χ4n) is 1.98. The molecule has 0 atom stereocenters. The van der Waals surface area contributed by atoms with Crippen LogP contribution >= 0.6 is 11.8 Å². The van der Waals surface area contributed by atoms with Gasteiger partial charge in [-0.1, -0.05) is 43.7 Å². The molecule has 2 aromatic rings. The number of hydrogen-bond acceptors (Lipinski definition) is 5. The van der Waals surface area contributed by atoms with Crippen LogP contribution in [0.3, 0.4) is 0 Å². The number of unbranched alkanes of at least 4 members (excludes halogenated alkanes) is 2. The van der Waals surface area contributed by atoms with Crippen LogP contribution < -0.4 is 4.72 Å². The van der Waals surface area contributed by atoms with Crippen molar-refractivity contribution < 1.29 is 8.42 Å². The lowest BCUT2D eigenvalue weighted by molar-refractivity contribution is 0.600. The normalized spacial score (nSPS) is 11.5. The van der Waals surface area contributed by atoms with Crippen LogP contribution in [0.5, 0.6) is 0 Å². The van der Waals surface area contributed by atoms with Gasteiger partial charge in [0.05, 0.1) is 4.90 Å². The number of aromatic amines is 1. The molecule has 0 aliphatic rings. The molecule has 0 aliphatic carbocycles. The second-order valence-electron chi connectivity index (χ2n) is 4.88. The van der Waals surface area contributed by atoms with Gasteiger partial charge in [-0.25, -0.2) is 18.2 Å². The summed E-state index contributed by atoms with van der Waals surface area (Å²) in [7, 11) is -3.64. The van der Waals surface area contributed by atoms with Crippen molar-refractivity contribution in [3.8, 4) is 0 Å². The van der Waals surface area contributed by atoms with E-state index in [-0.39, 0.29) is 10.8 Å². The maximum absolute atomic E-state index is 12.3. The lowest BCUT2D eigenvalue weighted by Gasteiger charge is -2.06. The lowest BCUT2D eigenvalue weighted by Crippen LogP contribution is -2.14. The number of hydrogen-bond donors (Lipinski definition) is 2. The molecule has 0 bridgehead atoms. The van der Waals surface area contributed by atoms with Crippen LogP contribution in [-0.2, 0) is 16.4 Å². The summed E-state index contributed by atoms with van der Waals surface area (Å²) in [6.07, 6.45) is 6.27. The van der Waals surface area contributed by atoms with Gasteiger partial charge in [0, 0.05) is 0 Å². The van der Waals surface area contributed by atoms with Gasteiger partial charge in [-0.15, -0.1) is 5.10 Å². The predicted molar refractivity (Wildman–Crippen MR) is 88.6 cm³/mol. The molecule has 2 N–H and O–H groups in total. The highest BCUT2D eigenvalue weighted by molar-refractivity contribution is 7.98. The Hall–Kier alpha value is -1.54. The summed E-state index contributed by atoms with van der Waals surface area (Å²) in [4.78, 5) is 4.23. The number of sulfonamides is 1. The summed E-state index contributed by atoms with van der Waals surface area (Å²) in [5, 5.41) is 6.91. The van der Waals surface area contributed by atoms with Gasteiger partial charge in [-0.3, -0.25) is 0 Å². The van der Waals surface area contributed by atoms with Crippen LogP contribution in [0.4, 0.5) is 5.95 Å². The Labute approximate surface area is 135 Å². The van der Waals surface area contributed by atoms with E-state index in [1.54, 1.807) is 12.1 Å². The monoisotopic (exact) mass is 340 g/mol. The topological polar surface area (TPSA) is 87.7 Å². The first-order valence-electron chi connectivity index (χ1n) is 7.13. The van der Waals surface area contributed by atoms with Gasteiger partial charge in [0.25, 0.3) is 10.0 Å². The molecule has 1 aromatic heterocycles. The SMILES string of the molecule is CCCCCc1ccc(S(=O)(=O)Nc2nc(SC)n[nH]2)cc1. The van der Waals surface area contributed by atoms with Gasteiger partial charge in [0.15, 0.2) is 0 Å². The molecule has 6 nitrogen and oxygen atoms in total. The largest absolute Gasteiger partial charge is 0.264 e. The summed E-state index contributed by atoms with van der Waals surface area (Å²) in [6, 6.07) is 6.96. The van der Waals surface area contributed by atoms with E-state index in [4.69, 9.17) is 0 Å². The predicted octanol–water partition coefficient (Wildman–Crippen LogP) is 3.06. The average molecular weight is 340 g/mol. The van der Waals surface area contributed by atoms with Gasteiger partial charge in [-0.2, -0.15) is 4.98 Å². The minimum absolute atomic E-state index is 0.122. The maximum Gasteiger partial charge on any atom is 0.264 e. The summed E-state index contributed by atoms with van der Waals surface area (Å²) in [5.74, 6) is 0.122. The molecular weight excluding hydrogens is 320 g/mol. The highest BCUT2D eigenvalue weighted by Crippen LogP contribution is 2.17. The summed E-state index contributed by atoms with van der Waals surface area (Å²) >= 11 is 1.33. The Morgan fingerprint density at radius 3 is 2.55 bits per heavy atom. The van der Waals surface area contributed by atoms with Crippen LogP contribution in [0.2, 0.25) is 0 Å². The summed E-state index contributed by atoms with van der Waals surface area (Å²) in [6.45, 7) is 2.16. The van der Waals surface area contributed by atoms with E-state index in [2.05, 4.69) is 26.8 Å². The smallest absolute Gasteiger partial charge is 0.248 e. The molecule has 0 spiro atoms. The van der Waals surface area contributed by atoms with Crippen LogP contribution in [-0.4, -0.2) is 29.9 Å². The highest BCUT2D eigenvalue weighted by Gasteiger charge is 2.16. The molecule has 0 radical (unpaired) electrons. The minimum atomic E-state index is -3.64. The van der Waals surface area contributed by atoms with Crippen LogP contribution in [0, 0.1) is 0 Å². The third-order valence-electron chi connectivity index (χ3n) is 3.18. The van der Waals surface area contributed by atoms with E-state index >= 15 is 0 Å². The third kappa shape index (κ3) is 4.48. The second-order valence-corrected chi connectivity index (χ2v) is 7.33. The van der Waals surface area contributed by atoms with E-state index < -0.39 is 10.0 Å². The second kappa shape index (κ2) is 7.64. The molecular formula is C14H20N4O2S2. The summed E-state index contributed by atoms with van der Waals surface area (Å²) < 4.78 is 26.9. The molecule has 0 fully saturated rings. The number of rotatable bonds is 8. The van der Waals surface area contributed by atoms with Crippen molar-refractivity contribution in [2.45, 2.75) is 42.7 Å². The van der Waals surface area contributed by atoms with Crippen LogP contribution in [0.1, 0.15) is 31.7 Å². The maximum atomic E-state index is 12.3. The van der Waals surface area contributed by atoms with E-state index in [0.717, 1.165) is 18.4 Å². The van der Waals surface area contributed by atoms with Crippen molar-refractivity contribution in [1.29, 1.82) is 0 Å². The Balaban J connectivity index is 2.05. The van der Waals surface area contributed by atoms with Crippen molar-refractivity contribution in [3.05, 3.63) is 29.8 Å². The zero-order valence-corrected chi connectivity index (χ0v) is 14.3. The molecule has 0 aliphatic heterocycles. The van der Waals surface area contributed by atoms with Gasteiger partial charge < -0.3 is 0 Å². The first kappa shape index (κ1) is 16.8. The Kier molecular flexibility index (Phi) is 5.84. The van der Waals surface area contributed by atoms with Crippen molar-refractivity contribution >= 4 is 27.7 Å². The Morgan fingerprint density at radius 1 is 1.23 bits per heavy atom. The fraction of sp³-hybridized carbons (Fsp3) is 0.429. The molecule has 120 valence electrons. The number of thioether (sulfide) groups is 1. The number of nitrogens with one attached hydrogen (secondary N) is 2. The molecule has 2 rings (SSSR count). The number of aryl methyl sites for hydroxylation is 1. The van der Waals surface area contributed by atoms with Crippen molar-refractivity contribution in [1.82, 2.24) is 15.2 Å². The first-order chi connectivity index (χ1) is 10.5. The summed E-state index contributed by atoms with van der Waals surface area (Å²) in [5.41, 5.74) is 1.15. The van der Waals surface area contributed by atoms with Crippen molar-refractivity contribution in [2.75, 3.05) is 11.0 Å². The Morgan fingerprint density at radius 2 is 1.95 bits per heavy atom. The molecule has 1 aromatic carbocycles. The first-order valence-corrected chi connectivity index (χ1v) is 9.84. The van der Waals surface area contributed by atoms with Gasteiger partial charge in [0.1, 0.15) is 0 Å². The fourth-order valence-corrected chi connectivity index (χ4v) is 3.26. The highest BCUT2D eigenvalue weighted by atomic mass is 32.2. The number of nitrogens with zero attached hydrogens (tertiary/aromatic N) is 2. The van der Waals surface area contributed by atoms with Gasteiger partial charge >= 0.3 is 0 Å². The van der Waals surface area contributed by atoms with Gasteiger partial charge in [0.2, 0.25) is 11.1 Å². The van der Waals surface area contributed by atoms with Crippen molar-refractivity contribution in [3.63, 3.8) is 0 Å². The molecule has 8 heteroatoms. The van der Waals surface area contributed by atoms with E-state index in [0.29, 0.717) is 5.16 Å². The molecule has 0 saturated carbocycles. The van der Waals surface area contributed by atoms with Crippen LogP contribution in [0.25, 0.3) is 0 Å². The molecule has 0 saturated heterocycles. The van der Waals surface area contributed by atoms with Crippen molar-refractivity contribution in [2.24, 2.45) is 0 Å². The van der Waals surface area contributed by atoms with E-state index in [1.165, 1.54) is 24.6 Å². The zero-order chi connectivity index (χ0) is 16.0. The van der Waals surface area contributed by atoms with E-state index in [9.17, 15) is 8.42 Å². The standard InChI is InChI=1S/C14H20N4O2S2/c1-3-4-5-6-11-7-9-12(10-8-11)22(19,20)18-13-15-14(21-2)17-16-13/h7-10H,3-6H2,1-2H3,(H2,15,16,17,18). The minimum Gasteiger partial charge on any atom is -0.248 e. The molecule has 22 heavy (non-hydrogen) atoms. The number of benzene rings is 1. The number of aromatic nitrogens is 3. The Bertz CT molecular complexity index is 696. The number of anilines is 1. The average Bonchev–Trinajstić information content (AvgIpc) is 2.95. The zero-order valence-electron chi connectivity index (χ0n) is 12.7. The van der Waals surface area contributed by atoms with Gasteiger partial charge in [-0.05, 0) is 36.8 Å². The van der Waals surface area contributed by atoms with Crippen LogP contribution in [0.15, 0.2) is 34.3 Å². The third-order valence-corrected chi connectivity index (χ3v) is 5.08. The lowest BCUT2D eigenvalue weighted by atomic mass is 10.1.